The molecule has 0 fully saturated rings. The minimum absolute atomic E-state index is 0.864. The highest BCUT2D eigenvalue weighted by Crippen LogP contribution is 2.17. The largest absolute Gasteiger partial charge is 0.471 e. The van der Waals surface area contributed by atoms with Crippen molar-refractivity contribution >= 4 is 11.9 Å². The van der Waals surface area contributed by atoms with Crippen molar-refractivity contribution in [3.63, 3.8) is 0 Å². The highest BCUT2D eigenvalue weighted by atomic mass is 19.4. The van der Waals surface area contributed by atoms with E-state index < -0.39 is 23.6 Å². The fraction of sp³-hybridized carbons (Fsp3) is 0.500. The molecule has 0 aliphatic carbocycles. The Morgan fingerprint density at radius 3 is 2.13 bits per heavy atom. The van der Waals surface area contributed by atoms with Gasteiger partial charge < -0.3 is 10.1 Å². The molecule has 0 aliphatic heterocycles. The van der Waals surface area contributed by atoms with Gasteiger partial charge in [-0.2, -0.15) is 13.2 Å². The molecule has 4 nitrogen and oxygen atoms in total. The maximum atomic E-state index is 11.9. The lowest BCUT2D eigenvalue weighted by molar-refractivity contribution is -0.176. The van der Waals surface area contributed by atoms with Gasteiger partial charge in [-0.25, -0.2) is 4.79 Å². The Bertz CT molecular complexity index is 287. The lowest BCUT2D eigenvalue weighted by Gasteiger charge is -2.24. The maximum absolute atomic E-state index is 11.9. The van der Waals surface area contributed by atoms with Crippen LogP contribution >= 0.6 is 0 Å². The van der Waals surface area contributed by atoms with Gasteiger partial charge in [-0.3, -0.25) is 4.79 Å². The Balaban J connectivity index is 4.81. The summed E-state index contributed by atoms with van der Waals surface area (Å²) in [6, 6.07) is 0. The van der Waals surface area contributed by atoms with Gasteiger partial charge >= 0.3 is 18.1 Å². The summed E-state index contributed by atoms with van der Waals surface area (Å²) in [5, 5.41) is 1.48. The molecule has 0 saturated heterocycles. The molecule has 1 atom stereocenters. The van der Waals surface area contributed by atoms with Gasteiger partial charge in [-0.1, -0.05) is 6.08 Å². The molecule has 86 valence electrons. The van der Waals surface area contributed by atoms with Crippen LogP contribution in [0.3, 0.4) is 0 Å². The van der Waals surface area contributed by atoms with Gasteiger partial charge in [0.15, 0.2) is 5.54 Å². The molecule has 0 heterocycles. The summed E-state index contributed by atoms with van der Waals surface area (Å²) >= 11 is 0. The summed E-state index contributed by atoms with van der Waals surface area (Å²) in [6.07, 6.45) is -4.19. The molecule has 1 N–H and O–H groups in total. The maximum Gasteiger partial charge on any atom is 0.471 e. The summed E-state index contributed by atoms with van der Waals surface area (Å²) in [7, 11) is 0.990. The average Bonchev–Trinajstić information content (AvgIpc) is 2.14. The first-order valence-corrected chi connectivity index (χ1v) is 3.78. The van der Waals surface area contributed by atoms with Crippen LogP contribution in [0, 0.1) is 0 Å². The lowest BCUT2D eigenvalue weighted by Crippen LogP contribution is -2.54. The molecular weight excluding hydrogens is 215 g/mol. The van der Waals surface area contributed by atoms with E-state index >= 15 is 0 Å². The zero-order chi connectivity index (χ0) is 12.3. The van der Waals surface area contributed by atoms with E-state index in [1.807, 2.05) is 0 Å². The molecule has 0 radical (unpaired) electrons. The van der Waals surface area contributed by atoms with Gasteiger partial charge in [0.05, 0.1) is 7.11 Å². The van der Waals surface area contributed by atoms with E-state index in [0.717, 1.165) is 20.1 Å². The van der Waals surface area contributed by atoms with Crippen molar-refractivity contribution in [2.24, 2.45) is 0 Å². The van der Waals surface area contributed by atoms with Crippen molar-refractivity contribution in [3.8, 4) is 0 Å². The number of halogens is 3. The molecule has 0 aliphatic rings. The van der Waals surface area contributed by atoms with E-state index in [1.54, 1.807) is 0 Å². The Labute approximate surface area is 84.1 Å². The third kappa shape index (κ3) is 3.26. The number of carbonyl (C=O) groups excluding carboxylic acids is 2. The summed E-state index contributed by atoms with van der Waals surface area (Å²) in [6.45, 7) is 4.21. The predicted octanol–water partition coefficient (Wildman–Crippen LogP) is 0.783. The van der Waals surface area contributed by atoms with Crippen LogP contribution in [0.1, 0.15) is 6.92 Å². The first-order valence-electron chi connectivity index (χ1n) is 3.78. The topological polar surface area (TPSA) is 55.4 Å². The van der Waals surface area contributed by atoms with Gasteiger partial charge in [0.1, 0.15) is 0 Å². The van der Waals surface area contributed by atoms with E-state index in [-0.39, 0.29) is 0 Å². The van der Waals surface area contributed by atoms with Crippen molar-refractivity contribution in [3.05, 3.63) is 12.7 Å². The highest BCUT2D eigenvalue weighted by molar-refractivity contribution is 5.91. The normalized spacial score (nSPS) is 15.0. The Kier molecular flexibility index (Phi) is 3.89. The van der Waals surface area contributed by atoms with E-state index in [1.165, 1.54) is 5.32 Å². The monoisotopic (exact) mass is 225 g/mol. The average molecular weight is 225 g/mol. The molecule has 0 aromatic carbocycles. The number of hydrogen-bond donors (Lipinski definition) is 1. The van der Waals surface area contributed by atoms with Crippen molar-refractivity contribution in [2.45, 2.75) is 18.6 Å². The van der Waals surface area contributed by atoms with Gasteiger partial charge in [0.25, 0.3) is 0 Å². The van der Waals surface area contributed by atoms with Crippen LogP contribution in [0.15, 0.2) is 12.7 Å². The molecule has 1 amide bonds. The molecule has 0 spiro atoms. The fourth-order valence-electron chi connectivity index (χ4n) is 0.704. The molecule has 0 bridgehead atoms. The molecule has 0 aromatic rings. The van der Waals surface area contributed by atoms with Crippen molar-refractivity contribution in [1.82, 2.24) is 5.32 Å². The fourth-order valence-corrected chi connectivity index (χ4v) is 0.704. The second-order valence-corrected chi connectivity index (χ2v) is 2.85. The molecule has 0 saturated carbocycles. The molecular formula is C8H10F3NO3. The van der Waals surface area contributed by atoms with Crippen molar-refractivity contribution in [1.29, 1.82) is 0 Å². The quantitative estimate of drug-likeness (QED) is 0.570. The zero-order valence-electron chi connectivity index (χ0n) is 8.14. The molecule has 0 rings (SSSR count). The van der Waals surface area contributed by atoms with Gasteiger partial charge in [-0.15, -0.1) is 6.58 Å². The van der Waals surface area contributed by atoms with Crippen LogP contribution < -0.4 is 5.32 Å². The summed E-state index contributed by atoms with van der Waals surface area (Å²) in [4.78, 5) is 21.6. The van der Waals surface area contributed by atoms with Crippen LogP contribution in [0.25, 0.3) is 0 Å². The number of carbonyl (C=O) groups is 2. The number of hydrogen-bond acceptors (Lipinski definition) is 3. The van der Waals surface area contributed by atoms with Crippen LogP contribution in [0.4, 0.5) is 13.2 Å². The molecule has 1 unspecified atom stereocenters. The van der Waals surface area contributed by atoms with Gasteiger partial charge in [0, 0.05) is 0 Å². The Morgan fingerprint density at radius 1 is 1.40 bits per heavy atom. The minimum atomic E-state index is -5.06. The molecule has 7 heteroatoms. The number of methoxy groups -OCH3 is 1. The van der Waals surface area contributed by atoms with Crippen LogP contribution in [0.2, 0.25) is 0 Å². The molecule has 0 aromatic heterocycles. The Hall–Kier alpha value is -1.53. The number of ether oxygens (including phenoxy) is 1. The van der Waals surface area contributed by atoms with Gasteiger partial charge in [0.2, 0.25) is 0 Å². The third-order valence-corrected chi connectivity index (χ3v) is 1.65. The SMILES string of the molecule is C=CC(C)(NC(=O)C(F)(F)F)C(=O)OC. The van der Waals surface area contributed by atoms with Crippen molar-refractivity contribution in [2.75, 3.05) is 7.11 Å². The second-order valence-electron chi connectivity index (χ2n) is 2.85. The second kappa shape index (κ2) is 4.33. The Morgan fingerprint density at radius 2 is 1.87 bits per heavy atom. The first kappa shape index (κ1) is 13.5. The standard InChI is InChI=1S/C8H10F3NO3/c1-4-7(2,6(14)15-3)12-5(13)8(9,10)11/h4H,1H2,2-3H3,(H,12,13). The number of rotatable bonds is 3. The van der Waals surface area contributed by atoms with Crippen LogP contribution in [-0.2, 0) is 14.3 Å². The predicted molar refractivity (Wildman–Crippen MR) is 44.8 cm³/mol. The van der Waals surface area contributed by atoms with E-state index in [4.69, 9.17) is 0 Å². The summed E-state index contributed by atoms with van der Waals surface area (Å²) in [5.41, 5.74) is -1.89. The highest BCUT2D eigenvalue weighted by Gasteiger charge is 2.44. The lowest BCUT2D eigenvalue weighted by atomic mass is 10.0. The number of nitrogens with one attached hydrogen (secondary N) is 1. The number of esters is 1. The third-order valence-electron chi connectivity index (χ3n) is 1.65. The summed E-state index contributed by atoms with van der Waals surface area (Å²) < 4.78 is 39.9. The van der Waals surface area contributed by atoms with Crippen LogP contribution in [-0.4, -0.2) is 30.7 Å². The number of amides is 1. The first-order chi connectivity index (χ1) is 6.67. The van der Waals surface area contributed by atoms with E-state index in [9.17, 15) is 22.8 Å². The molecule has 15 heavy (non-hydrogen) atoms. The summed E-state index contributed by atoms with van der Waals surface area (Å²) in [5.74, 6) is -3.26. The zero-order valence-corrected chi connectivity index (χ0v) is 8.14. The minimum Gasteiger partial charge on any atom is -0.467 e. The van der Waals surface area contributed by atoms with Crippen molar-refractivity contribution < 1.29 is 27.5 Å². The van der Waals surface area contributed by atoms with Gasteiger partial charge in [-0.05, 0) is 6.92 Å². The van der Waals surface area contributed by atoms with Crippen LogP contribution in [0.5, 0.6) is 0 Å². The van der Waals surface area contributed by atoms with E-state index in [0.29, 0.717) is 0 Å². The smallest absolute Gasteiger partial charge is 0.467 e. The van der Waals surface area contributed by atoms with E-state index in [2.05, 4.69) is 11.3 Å². The number of alkyl halides is 3.